The summed E-state index contributed by atoms with van der Waals surface area (Å²) in [5.74, 6) is 0.878. The Labute approximate surface area is 101 Å². The van der Waals surface area contributed by atoms with E-state index in [1.54, 1.807) is 0 Å². The fourth-order valence-corrected chi connectivity index (χ4v) is 2.50. The minimum atomic E-state index is 0.606. The van der Waals surface area contributed by atoms with Crippen LogP contribution < -0.4 is 5.32 Å². The van der Waals surface area contributed by atoms with Crippen LogP contribution >= 0.6 is 0 Å². The Morgan fingerprint density at radius 2 is 2.19 bits per heavy atom. The zero-order chi connectivity index (χ0) is 12.0. The van der Waals surface area contributed by atoms with Crippen LogP contribution in [0.3, 0.4) is 0 Å². The topological polar surface area (TPSA) is 18.5 Å². The van der Waals surface area contributed by atoms with E-state index in [4.69, 9.17) is 0 Å². The summed E-state index contributed by atoms with van der Waals surface area (Å²) in [6.45, 7) is 10.5. The van der Waals surface area contributed by atoms with E-state index in [0.29, 0.717) is 6.04 Å². The molecule has 0 bridgehead atoms. The first-order chi connectivity index (χ1) is 7.58. The minimum Gasteiger partial charge on any atom is -0.313 e. The molecule has 1 N–H and O–H groups in total. The first-order valence-corrected chi connectivity index (χ1v) is 6.68. The standard InChI is InChI=1S/C13H29N3/c1-12(2)14-7-9-16(4)11-13-6-5-8-15(3)10-13/h12-14H,5-11H2,1-4H3. The van der Waals surface area contributed by atoms with Crippen molar-refractivity contribution in [2.24, 2.45) is 5.92 Å². The quantitative estimate of drug-likeness (QED) is 0.737. The summed E-state index contributed by atoms with van der Waals surface area (Å²) >= 11 is 0. The summed E-state index contributed by atoms with van der Waals surface area (Å²) in [6, 6.07) is 0.606. The molecule has 0 spiro atoms. The van der Waals surface area contributed by atoms with Gasteiger partial charge in [-0.1, -0.05) is 13.8 Å². The van der Waals surface area contributed by atoms with Crippen molar-refractivity contribution in [2.45, 2.75) is 32.7 Å². The van der Waals surface area contributed by atoms with Crippen LogP contribution in [0.25, 0.3) is 0 Å². The average Bonchev–Trinajstić information content (AvgIpc) is 2.16. The van der Waals surface area contributed by atoms with Gasteiger partial charge in [0.1, 0.15) is 0 Å². The third kappa shape index (κ3) is 5.83. The number of rotatable bonds is 6. The van der Waals surface area contributed by atoms with E-state index < -0.39 is 0 Å². The van der Waals surface area contributed by atoms with Crippen molar-refractivity contribution in [1.82, 2.24) is 15.1 Å². The van der Waals surface area contributed by atoms with Crippen LogP contribution in [0, 0.1) is 5.92 Å². The highest BCUT2D eigenvalue weighted by Crippen LogP contribution is 2.15. The highest BCUT2D eigenvalue weighted by molar-refractivity contribution is 4.73. The van der Waals surface area contributed by atoms with E-state index in [2.05, 4.69) is 43.1 Å². The maximum absolute atomic E-state index is 3.47. The maximum atomic E-state index is 3.47. The predicted octanol–water partition coefficient (Wildman–Crippen LogP) is 1.26. The molecule has 1 heterocycles. The summed E-state index contributed by atoms with van der Waals surface area (Å²) in [4.78, 5) is 4.94. The highest BCUT2D eigenvalue weighted by Gasteiger charge is 2.18. The molecule has 0 saturated carbocycles. The van der Waals surface area contributed by atoms with Gasteiger partial charge >= 0.3 is 0 Å². The van der Waals surface area contributed by atoms with Crippen LogP contribution in [0.5, 0.6) is 0 Å². The summed E-state index contributed by atoms with van der Waals surface area (Å²) in [7, 11) is 4.49. The smallest absolute Gasteiger partial charge is 0.0104 e. The van der Waals surface area contributed by atoms with Gasteiger partial charge in [0.2, 0.25) is 0 Å². The van der Waals surface area contributed by atoms with Gasteiger partial charge in [-0.2, -0.15) is 0 Å². The second-order valence-corrected chi connectivity index (χ2v) is 5.64. The molecule has 0 amide bonds. The van der Waals surface area contributed by atoms with Crippen LogP contribution in [0.1, 0.15) is 26.7 Å². The van der Waals surface area contributed by atoms with Crippen molar-refractivity contribution in [3.8, 4) is 0 Å². The van der Waals surface area contributed by atoms with Crippen LogP contribution in [0.15, 0.2) is 0 Å². The normalized spacial score (nSPS) is 23.2. The SMILES string of the molecule is CC(C)NCCN(C)CC1CCCN(C)C1. The van der Waals surface area contributed by atoms with Gasteiger partial charge < -0.3 is 15.1 Å². The van der Waals surface area contributed by atoms with Crippen LogP contribution in [0.4, 0.5) is 0 Å². The molecule has 1 unspecified atom stereocenters. The van der Waals surface area contributed by atoms with Crippen molar-refractivity contribution in [3.05, 3.63) is 0 Å². The number of nitrogens with zero attached hydrogens (tertiary/aromatic N) is 2. The lowest BCUT2D eigenvalue weighted by molar-refractivity contribution is 0.166. The summed E-state index contributed by atoms with van der Waals surface area (Å²) in [5.41, 5.74) is 0. The number of hydrogen-bond donors (Lipinski definition) is 1. The molecule has 1 rings (SSSR count). The molecular weight excluding hydrogens is 198 g/mol. The lowest BCUT2D eigenvalue weighted by Gasteiger charge is -2.32. The van der Waals surface area contributed by atoms with Gasteiger partial charge in [0, 0.05) is 32.2 Å². The fraction of sp³-hybridized carbons (Fsp3) is 1.00. The van der Waals surface area contributed by atoms with Crippen molar-refractivity contribution in [1.29, 1.82) is 0 Å². The molecule has 16 heavy (non-hydrogen) atoms. The molecule has 0 aromatic heterocycles. The lowest BCUT2D eigenvalue weighted by atomic mass is 9.98. The molecular formula is C13H29N3. The molecule has 3 nitrogen and oxygen atoms in total. The number of likely N-dealkylation sites (N-methyl/N-ethyl adjacent to an activating group) is 1. The number of likely N-dealkylation sites (tertiary alicyclic amines) is 1. The Kier molecular flexibility index (Phi) is 6.32. The Morgan fingerprint density at radius 3 is 2.81 bits per heavy atom. The maximum Gasteiger partial charge on any atom is 0.0104 e. The van der Waals surface area contributed by atoms with Crippen molar-refractivity contribution in [3.63, 3.8) is 0 Å². The third-order valence-corrected chi connectivity index (χ3v) is 3.34. The van der Waals surface area contributed by atoms with Gasteiger partial charge in [-0.3, -0.25) is 0 Å². The molecule has 1 saturated heterocycles. The molecule has 1 aliphatic rings. The minimum absolute atomic E-state index is 0.606. The number of piperidine rings is 1. The van der Waals surface area contributed by atoms with E-state index >= 15 is 0 Å². The first-order valence-electron chi connectivity index (χ1n) is 6.68. The van der Waals surface area contributed by atoms with Crippen molar-refractivity contribution < 1.29 is 0 Å². The van der Waals surface area contributed by atoms with Crippen LogP contribution in [-0.4, -0.2) is 62.7 Å². The summed E-state index contributed by atoms with van der Waals surface area (Å²) in [6.07, 6.45) is 2.78. The Morgan fingerprint density at radius 1 is 1.44 bits per heavy atom. The molecule has 1 fully saturated rings. The molecule has 96 valence electrons. The molecule has 0 radical (unpaired) electrons. The predicted molar refractivity (Wildman–Crippen MR) is 70.9 cm³/mol. The van der Waals surface area contributed by atoms with E-state index in [1.165, 1.54) is 39.0 Å². The van der Waals surface area contributed by atoms with E-state index in [0.717, 1.165) is 12.5 Å². The Hall–Kier alpha value is -0.120. The second kappa shape index (κ2) is 7.25. The Balaban J connectivity index is 2.10. The number of hydrogen-bond acceptors (Lipinski definition) is 3. The zero-order valence-corrected chi connectivity index (χ0v) is 11.5. The summed E-state index contributed by atoms with van der Waals surface area (Å²) < 4.78 is 0. The van der Waals surface area contributed by atoms with Gasteiger partial charge in [-0.15, -0.1) is 0 Å². The van der Waals surface area contributed by atoms with Gasteiger partial charge in [-0.05, 0) is 39.4 Å². The summed E-state index contributed by atoms with van der Waals surface area (Å²) in [5, 5.41) is 3.47. The third-order valence-electron chi connectivity index (χ3n) is 3.34. The van der Waals surface area contributed by atoms with Gasteiger partial charge in [0.15, 0.2) is 0 Å². The zero-order valence-electron chi connectivity index (χ0n) is 11.5. The van der Waals surface area contributed by atoms with Gasteiger partial charge in [-0.25, -0.2) is 0 Å². The van der Waals surface area contributed by atoms with Crippen molar-refractivity contribution in [2.75, 3.05) is 46.8 Å². The molecule has 1 aliphatic heterocycles. The molecule has 0 aliphatic carbocycles. The fourth-order valence-electron chi connectivity index (χ4n) is 2.50. The van der Waals surface area contributed by atoms with E-state index in [1.807, 2.05) is 0 Å². The molecule has 0 aromatic rings. The van der Waals surface area contributed by atoms with E-state index in [9.17, 15) is 0 Å². The second-order valence-electron chi connectivity index (χ2n) is 5.64. The molecule has 0 aromatic carbocycles. The van der Waals surface area contributed by atoms with Crippen LogP contribution in [-0.2, 0) is 0 Å². The van der Waals surface area contributed by atoms with Gasteiger partial charge in [0.25, 0.3) is 0 Å². The molecule has 1 atom stereocenters. The average molecular weight is 227 g/mol. The number of nitrogens with one attached hydrogen (secondary N) is 1. The van der Waals surface area contributed by atoms with Crippen LogP contribution in [0.2, 0.25) is 0 Å². The largest absolute Gasteiger partial charge is 0.313 e. The van der Waals surface area contributed by atoms with Crippen molar-refractivity contribution >= 4 is 0 Å². The monoisotopic (exact) mass is 227 g/mol. The van der Waals surface area contributed by atoms with E-state index in [-0.39, 0.29) is 0 Å². The Bertz CT molecular complexity index is 182. The lowest BCUT2D eigenvalue weighted by Crippen LogP contribution is -2.40. The van der Waals surface area contributed by atoms with Gasteiger partial charge in [0.05, 0.1) is 0 Å². The molecule has 3 heteroatoms. The first kappa shape index (κ1) is 13.9. The highest BCUT2D eigenvalue weighted by atomic mass is 15.1.